The summed E-state index contributed by atoms with van der Waals surface area (Å²) in [6, 6.07) is 13.0. The van der Waals surface area contributed by atoms with E-state index in [4.69, 9.17) is 0 Å². The molecular formula is C21H25N3O3S. The van der Waals surface area contributed by atoms with Crippen molar-refractivity contribution < 1.29 is 13.2 Å². The second-order valence-electron chi connectivity index (χ2n) is 7.03. The summed E-state index contributed by atoms with van der Waals surface area (Å²) in [6.45, 7) is 1.74. The fourth-order valence-corrected chi connectivity index (χ4v) is 4.30. The minimum Gasteiger partial charge on any atom is -0.361 e. The highest BCUT2D eigenvalue weighted by atomic mass is 32.2. The highest BCUT2D eigenvalue weighted by Gasteiger charge is 2.20. The Balaban J connectivity index is 1.62. The van der Waals surface area contributed by atoms with Crippen molar-refractivity contribution in [1.82, 2.24) is 9.29 Å². The van der Waals surface area contributed by atoms with Gasteiger partial charge in [-0.25, -0.2) is 12.7 Å². The number of aromatic nitrogens is 1. The lowest BCUT2D eigenvalue weighted by molar-refractivity contribution is -0.116. The standard InChI is InChI=1S/C21H25N3O3S/c1-15-11-12-17(13-20(15)28(26,27)24(2)3)23-21(25)10-6-7-16-14-22-19-9-5-4-8-18(16)19/h4-5,8-9,11-14,22H,6-7,10H2,1-3H3,(H,23,25). The first-order valence-electron chi connectivity index (χ1n) is 9.17. The maximum atomic E-state index is 12.4. The molecule has 0 saturated heterocycles. The molecule has 0 fully saturated rings. The zero-order valence-corrected chi connectivity index (χ0v) is 17.1. The summed E-state index contributed by atoms with van der Waals surface area (Å²) in [4.78, 5) is 15.7. The Morgan fingerprint density at radius 2 is 1.89 bits per heavy atom. The van der Waals surface area contributed by atoms with Gasteiger partial charge in [0.15, 0.2) is 0 Å². The summed E-state index contributed by atoms with van der Waals surface area (Å²) in [7, 11) is -0.573. The molecule has 0 spiro atoms. The van der Waals surface area contributed by atoms with Crippen LogP contribution in [-0.2, 0) is 21.2 Å². The molecule has 0 aliphatic rings. The number of carbonyl (C=O) groups excluding carboxylic acids is 1. The Labute approximate surface area is 165 Å². The van der Waals surface area contributed by atoms with Gasteiger partial charge in [0.25, 0.3) is 0 Å². The van der Waals surface area contributed by atoms with Crippen molar-refractivity contribution in [3.05, 3.63) is 59.8 Å². The van der Waals surface area contributed by atoms with Gasteiger partial charge in [-0.1, -0.05) is 24.3 Å². The van der Waals surface area contributed by atoms with E-state index in [-0.39, 0.29) is 10.8 Å². The van der Waals surface area contributed by atoms with Gasteiger partial charge < -0.3 is 10.3 Å². The lowest BCUT2D eigenvalue weighted by Crippen LogP contribution is -2.23. The molecule has 2 N–H and O–H groups in total. The summed E-state index contributed by atoms with van der Waals surface area (Å²) < 4.78 is 26.0. The van der Waals surface area contributed by atoms with Gasteiger partial charge in [0.1, 0.15) is 0 Å². The molecular weight excluding hydrogens is 374 g/mol. The molecule has 1 amide bonds. The zero-order valence-electron chi connectivity index (χ0n) is 16.3. The van der Waals surface area contributed by atoms with Crippen LogP contribution in [0.15, 0.2) is 53.6 Å². The number of amides is 1. The molecule has 28 heavy (non-hydrogen) atoms. The van der Waals surface area contributed by atoms with Crippen molar-refractivity contribution in [2.75, 3.05) is 19.4 Å². The Morgan fingerprint density at radius 3 is 2.64 bits per heavy atom. The molecule has 148 valence electrons. The minimum atomic E-state index is -3.55. The number of nitrogens with zero attached hydrogens (tertiary/aromatic N) is 1. The fourth-order valence-electron chi connectivity index (χ4n) is 3.15. The van der Waals surface area contributed by atoms with E-state index in [9.17, 15) is 13.2 Å². The predicted octanol–water partition coefficient (Wildman–Crippen LogP) is 3.69. The normalized spacial score (nSPS) is 11.9. The van der Waals surface area contributed by atoms with Crippen molar-refractivity contribution in [1.29, 1.82) is 0 Å². The van der Waals surface area contributed by atoms with Crippen LogP contribution in [0.3, 0.4) is 0 Å². The van der Waals surface area contributed by atoms with Crippen LogP contribution < -0.4 is 5.32 Å². The number of H-pyrrole nitrogens is 1. The predicted molar refractivity (Wildman–Crippen MR) is 112 cm³/mol. The van der Waals surface area contributed by atoms with E-state index in [0.29, 0.717) is 24.1 Å². The second-order valence-corrected chi connectivity index (χ2v) is 9.15. The average molecular weight is 400 g/mol. The SMILES string of the molecule is Cc1ccc(NC(=O)CCCc2c[nH]c3ccccc23)cc1S(=O)(=O)N(C)C. The number of sulfonamides is 1. The molecule has 0 unspecified atom stereocenters. The molecule has 0 radical (unpaired) electrons. The number of nitrogens with one attached hydrogen (secondary N) is 2. The monoisotopic (exact) mass is 399 g/mol. The fraction of sp³-hybridized carbons (Fsp3) is 0.286. The van der Waals surface area contributed by atoms with Gasteiger partial charge in [0, 0.05) is 43.3 Å². The summed E-state index contributed by atoms with van der Waals surface area (Å²) >= 11 is 0. The quantitative estimate of drug-likeness (QED) is 0.636. The van der Waals surface area contributed by atoms with Gasteiger partial charge in [0.05, 0.1) is 4.90 Å². The van der Waals surface area contributed by atoms with Crippen molar-refractivity contribution in [2.45, 2.75) is 31.1 Å². The van der Waals surface area contributed by atoms with Crippen LogP contribution in [0.1, 0.15) is 24.0 Å². The highest BCUT2D eigenvalue weighted by molar-refractivity contribution is 7.89. The smallest absolute Gasteiger partial charge is 0.242 e. The third kappa shape index (κ3) is 4.26. The Hall–Kier alpha value is -2.64. The van der Waals surface area contributed by atoms with E-state index in [2.05, 4.69) is 16.4 Å². The number of aryl methyl sites for hydroxylation is 2. The molecule has 6 nitrogen and oxygen atoms in total. The first kappa shape index (κ1) is 20.1. The summed E-state index contributed by atoms with van der Waals surface area (Å²) in [5.74, 6) is -0.128. The van der Waals surface area contributed by atoms with Crippen molar-refractivity contribution >= 4 is 32.5 Å². The van der Waals surface area contributed by atoms with Crippen LogP contribution in [-0.4, -0.2) is 37.7 Å². The maximum Gasteiger partial charge on any atom is 0.242 e. The number of para-hydroxylation sites is 1. The van der Waals surface area contributed by atoms with Crippen LogP contribution in [0.25, 0.3) is 10.9 Å². The molecule has 0 saturated carbocycles. The number of fused-ring (bicyclic) bond motifs is 1. The van der Waals surface area contributed by atoms with Crippen LogP contribution in [0.4, 0.5) is 5.69 Å². The minimum absolute atomic E-state index is 0.128. The second kappa shape index (κ2) is 8.16. The lowest BCUT2D eigenvalue weighted by atomic mass is 10.1. The summed E-state index contributed by atoms with van der Waals surface area (Å²) in [5, 5.41) is 3.99. The molecule has 2 aromatic carbocycles. The van der Waals surface area contributed by atoms with Crippen LogP contribution in [0, 0.1) is 6.92 Å². The molecule has 1 heterocycles. The van der Waals surface area contributed by atoms with E-state index >= 15 is 0 Å². The van der Waals surface area contributed by atoms with Gasteiger partial charge in [0.2, 0.25) is 15.9 Å². The van der Waals surface area contributed by atoms with Crippen molar-refractivity contribution in [3.63, 3.8) is 0 Å². The topological polar surface area (TPSA) is 82.3 Å². The molecule has 0 bridgehead atoms. The van der Waals surface area contributed by atoms with Crippen LogP contribution in [0.2, 0.25) is 0 Å². The van der Waals surface area contributed by atoms with Gasteiger partial charge in [-0.2, -0.15) is 0 Å². The van der Waals surface area contributed by atoms with E-state index < -0.39 is 10.0 Å². The van der Waals surface area contributed by atoms with Gasteiger partial charge in [-0.05, 0) is 49.1 Å². The Kier molecular flexibility index (Phi) is 5.86. The zero-order chi connectivity index (χ0) is 20.3. The Bertz CT molecular complexity index is 1100. The van der Waals surface area contributed by atoms with E-state index in [1.807, 2.05) is 24.4 Å². The number of benzene rings is 2. The molecule has 0 aliphatic carbocycles. The number of hydrogen-bond donors (Lipinski definition) is 2. The van der Waals surface area contributed by atoms with E-state index in [0.717, 1.165) is 11.9 Å². The number of anilines is 1. The molecule has 0 atom stereocenters. The molecule has 0 aliphatic heterocycles. The highest BCUT2D eigenvalue weighted by Crippen LogP contribution is 2.23. The van der Waals surface area contributed by atoms with E-state index in [1.54, 1.807) is 19.1 Å². The molecule has 1 aromatic heterocycles. The van der Waals surface area contributed by atoms with Crippen molar-refractivity contribution in [2.24, 2.45) is 0 Å². The first-order chi connectivity index (χ1) is 13.3. The lowest BCUT2D eigenvalue weighted by Gasteiger charge is -2.15. The number of aromatic amines is 1. The van der Waals surface area contributed by atoms with E-state index in [1.165, 1.54) is 35.4 Å². The van der Waals surface area contributed by atoms with Crippen LogP contribution in [0.5, 0.6) is 0 Å². The van der Waals surface area contributed by atoms with Crippen LogP contribution >= 0.6 is 0 Å². The largest absolute Gasteiger partial charge is 0.361 e. The Morgan fingerprint density at radius 1 is 1.14 bits per heavy atom. The third-order valence-electron chi connectivity index (χ3n) is 4.76. The first-order valence-corrected chi connectivity index (χ1v) is 10.6. The van der Waals surface area contributed by atoms with Gasteiger partial charge >= 0.3 is 0 Å². The third-order valence-corrected chi connectivity index (χ3v) is 6.71. The molecule has 7 heteroatoms. The van der Waals surface area contributed by atoms with Gasteiger partial charge in [-0.3, -0.25) is 4.79 Å². The summed E-state index contributed by atoms with van der Waals surface area (Å²) in [5.41, 5.74) is 3.42. The maximum absolute atomic E-state index is 12.4. The number of hydrogen-bond acceptors (Lipinski definition) is 3. The number of rotatable bonds is 7. The summed E-state index contributed by atoms with van der Waals surface area (Å²) in [6.07, 6.45) is 3.86. The molecule has 3 rings (SSSR count). The van der Waals surface area contributed by atoms with Crippen molar-refractivity contribution in [3.8, 4) is 0 Å². The average Bonchev–Trinajstić information content (AvgIpc) is 3.06. The molecule has 3 aromatic rings. The van der Waals surface area contributed by atoms with Gasteiger partial charge in [-0.15, -0.1) is 0 Å². The number of carbonyl (C=O) groups is 1.